The number of hydrogen-bond acceptors (Lipinski definition) is 5. The number of thioether (sulfide) groups is 1. The zero-order valence-electron chi connectivity index (χ0n) is 20.4. The molecule has 3 rings (SSSR count). The number of amides is 1. The number of fused-ring (bicyclic) bond motifs is 1. The standard InChI is InChI=1S/C28H31ClN2O3S/c1-31(2)27(32)16-17-35-26(8-5-9-28(33)34-3)22-7-4-6-20(18-22)10-14-24-15-12-21-11-13-23(29)19-25(21)30-24/h4,6-7,10-15,18-19,26H,5,8-9,16-17H2,1-3H3/b14-10+. The molecule has 1 heterocycles. The fourth-order valence-electron chi connectivity index (χ4n) is 3.64. The molecule has 1 atom stereocenters. The molecule has 3 aromatic rings. The van der Waals surface area contributed by atoms with Gasteiger partial charge < -0.3 is 9.64 Å². The van der Waals surface area contributed by atoms with Gasteiger partial charge in [-0.15, -0.1) is 0 Å². The van der Waals surface area contributed by atoms with E-state index in [4.69, 9.17) is 16.3 Å². The first-order valence-corrected chi connectivity index (χ1v) is 13.0. The van der Waals surface area contributed by atoms with Crippen molar-refractivity contribution in [1.82, 2.24) is 9.88 Å². The van der Waals surface area contributed by atoms with Crippen LogP contribution < -0.4 is 0 Å². The third kappa shape index (κ3) is 8.41. The van der Waals surface area contributed by atoms with Crippen LogP contribution in [0.15, 0.2) is 54.6 Å². The van der Waals surface area contributed by atoms with Gasteiger partial charge in [-0.25, -0.2) is 4.98 Å². The summed E-state index contributed by atoms with van der Waals surface area (Å²) in [4.78, 5) is 29.9. The van der Waals surface area contributed by atoms with Gasteiger partial charge >= 0.3 is 5.97 Å². The van der Waals surface area contributed by atoms with E-state index < -0.39 is 0 Å². The van der Waals surface area contributed by atoms with Crippen LogP contribution in [0.1, 0.15) is 47.8 Å². The van der Waals surface area contributed by atoms with Crippen LogP contribution in [-0.4, -0.2) is 48.7 Å². The van der Waals surface area contributed by atoms with E-state index in [9.17, 15) is 9.59 Å². The first kappa shape index (κ1) is 26.8. The number of methoxy groups -OCH3 is 1. The van der Waals surface area contributed by atoms with Crippen LogP contribution in [0.5, 0.6) is 0 Å². The molecule has 0 radical (unpaired) electrons. The van der Waals surface area contributed by atoms with Crippen molar-refractivity contribution >= 4 is 58.3 Å². The second kappa shape index (κ2) is 13.3. The van der Waals surface area contributed by atoms with Crippen molar-refractivity contribution in [1.29, 1.82) is 0 Å². The van der Waals surface area contributed by atoms with E-state index in [1.54, 1.807) is 30.8 Å². The van der Waals surface area contributed by atoms with Gasteiger partial charge in [0.25, 0.3) is 0 Å². The average molecular weight is 511 g/mol. The number of carbonyl (C=O) groups excluding carboxylic acids is 2. The van der Waals surface area contributed by atoms with Gasteiger partial charge in [-0.2, -0.15) is 11.8 Å². The number of aromatic nitrogens is 1. The summed E-state index contributed by atoms with van der Waals surface area (Å²) in [5.41, 5.74) is 3.97. The molecule has 0 saturated carbocycles. The first-order valence-electron chi connectivity index (χ1n) is 11.6. The van der Waals surface area contributed by atoms with Crippen LogP contribution in [0.2, 0.25) is 5.02 Å². The molecule has 5 nitrogen and oxygen atoms in total. The molecule has 0 aliphatic heterocycles. The number of hydrogen-bond donors (Lipinski definition) is 0. The highest BCUT2D eigenvalue weighted by molar-refractivity contribution is 7.99. The highest BCUT2D eigenvalue weighted by Crippen LogP contribution is 2.35. The molecule has 0 aliphatic rings. The number of esters is 1. The minimum atomic E-state index is -0.197. The Labute approximate surface area is 216 Å². The van der Waals surface area contributed by atoms with Crippen molar-refractivity contribution in [3.8, 4) is 0 Å². The van der Waals surface area contributed by atoms with Crippen molar-refractivity contribution in [2.75, 3.05) is 27.0 Å². The second-order valence-electron chi connectivity index (χ2n) is 8.44. The van der Waals surface area contributed by atoms with Gasteiger partial charge in [-0.3, -0.25) is 9.59 Å². The Morgan fingerprint density at radius 2 is 1.89 bits per heavy atom. The predicted octanol–water partition coefficient (Wildman–Crippen LogP) is 6.65. The quantitative estimate of drug-likeness (QED) is 0.270. The topological polar surface area (TPSA) is 59.5 Å². The van der Waals surface area contributed by atoms with Crippen LogP contribution in [0, 0.1) is 0 Å². The highest BCUT2D eigenvalue weighted by Gasteiger charge is 2.15. The molecule has 0 spiro atoms. The van der Waals surface area contributed by atoms with E-state index in [2.05, 4.69) is 23.2 Å². The molecule has 35 heavy (non-hydrogen) atoms. The van der Waals surface area contributed by atoms with Crippen LogP contribution in [0.3, 0.4) is 0 Å². The third-order valence-electron chi connectivity index (χ3n) is 5.61. The molecule has 184 valence electrons. The summed E-state index contributed by atoms with van der Waals surface area (Å²) in [6.07, 6.45) is 6.48. The molecule has 0 aliphatic carbocycles. The van der Waals surface area contributed by atoms with Crippen molar-refractivity contribution in [2.24, 2.45) is 0 Å². The Bertz CT molecular complexity index is 1200. The van der Waals surface area contributed by atoms with Crippen LogP contribution in [0.4, 0.5) is 0 Å². The smallest absolute Gasteiger partial charge is 0.305 e. The van der Waals surface area contributed by atoms with Gasteiger partial charge in [0.05, 0.1) is 18.3 Å². The maximum atomic E-state index is 12.0. The van der Waals surface area contributed by atoms with E-state index in [0.717, 1.165) is 40.8 Å². The lowest BCUT2D eigenvalue weighted by Crippen LogP contribution is -2.21. The minimum absolute atomic E-state index is 0.117. The highest BCUT2D eigenvalue weighted by atomic mass is 35.5. The summed E-state index contributed by atoms with van der Waals surface area (Å²) < 4.78 is 4.78. The summed E-state index contributed by atoms with van der Waals surface area (Å²) in [6.45, 7) is 0. The predicted molar refractivity (Wildman–Crippen MR) is 146 cm³/mol. The van der Waals surface area contributed by atoms with Crippen LogP contribution >= 0.6 is 23.4 Å². The number of nitrogens with zero attached hydrogens (tertiary/aromatic N) is 2. The van der Waals surface area contributed by atoms with Gasteiger partial charge in [-0.1, -0.05) is 54.1 Å². The number of ether oxygens (including phenoxy) is 1. The first-order chi connectivity index (χ1) is 16.9. The molecule has 2 aromatic carbocycles. The molecule has 1 aromatic heterocycles. The Morgan fingerprint density at radius 3 is 2.66 bits per heavy atom. The van der Waals surface area contributed by atoms with E-state index in [1.807, 2.05) is 48.6 Å². The maximum Gasteiger partial charge on any atom is 0.305 e. The summed E-state index contributed by atoms with van der Waals surface area (Å²) in [5.74, 6) is 0.646. The Balaban J connectivity index is 1.73. The van der Waals surface area contributed by atoms with Crippen LogP contribution in [0.25, 0.3) is 23.1 Å². The summed E-state index contributed by atoms with van der Waals surface area (Å²) in [5, 5.41) is 1.90. The molecular formula is C28H31ClN2O3S. The largest absolute Gasteiger partial charge is 0.469 e. The normalized spacial score (nSPS) is 12.1. The summed E-state index contributed by atoms with van der Waals surface area (Å²) >= 11 is 7.87. The molecule has 0 fully saturated rings. The number of benzene rings is 2. The second-order valence-corrected chi connectivity index (χ2v) is 10.2. The van der Waals surface area contributed by atoms with Crippen molar-refractivity contribution in [2.45, 2.75) is 30.9 Å². The van der Waals surface area contributed by atoms with Crippen LogP contribution in [-0.2, 0) is 14.3 Å². The van der Waals surface area contributed by atoms with Gasteiger partial charge in [0, 0.05) is 48.3 Å². The SMILES string of the molecule is COC(=O)CCCC(SCCC(=O)N(C)C)c1cccc(/C=C/c2ccc3ccc(Cl)cc3n2)c1. The maximum absolute atomic E-state index is 12.0. The van der Waals surface area contributed by atoms with Crippen molar-refractivity contribution < 1.29 is 14.3 Å². The van der Waals surface area contributed by atoms with Gasteiger partial charge in [0.2, 0.25) is 5.91 Å². The van der Waals surface area contributed by atoms with Crippen molar-refractivity contribution in [3.05, 3.63) is 76.4 Å². The molecular weight excluding hydrogens is 480 g/mol. The van der Waals surface area contributed by atoms with E-state index in [0.29, 0.717) is 17.9 Å². The number of halogens is 1. The van der Waals surface area contributed by atoms with E-state index in [-0.39, 0.29) is 17.1 Å². The number of rotatable bonds is 11. The molecule has 0 bridgehead atoms. The number of carbonyl (C=O) groups is 2. The summed E-state index contributed by atoms with van der Waals surface area (Å²) in [6, 6.07) is 18.1. The van der Waals surface area contributed by atoms with Gasteiger partial charge in [0.1, 0.15) is 0 Å². The fraction of sp³-hybridized carbons (Fsp3) is 0.321. The fourth-order valence-corrected chi connectivity index (χ4v) is 5.05. The van der Waals surface area contributed by atoms with Crippen molar-refractivity contribution in [3.63, 3.8) is 0 Å². The monoisotopic (exact) mass is 510 g/mol. The minimum Gasteiger partial charge on any atom is -0.469 e. The Hall–Kier alpha value is -2.83. The Kier molecular flexibility index (Phi) is 10.2. The molecule has 0 saturated heterocycles. The number of pyridine rings is 1. The molecule has 7 heteroatoms. The molecule has 1 unspecified atom stereocenters. The lowest BCUT2D eigenvalue weighted by atomic mass is 10.0. The zero-order valence-corrected chi connectivity index (χ0v) is 21.9. The lowest BCUT2D eigenvalue weighted by Gasteiger charge is -2.18. The van der Waals surface area contributed by atoms with E-state index >= 15 is 0 Å². The third-order valence-corrected chi connectivity index (χ3v) is 7.20. The summed E-state index contributed by atoms with van der Waals surface area (Å²) in [7, 11) is 4.96. The average Bonchev–Trinajstić information content (AvgIpc) is 2.86. The van der Waals surface area contributed by atoms with E-state index in [1.165, 1.54) is 12.7 Å². The Morgan fingerprint density at radius 1 is 1.09 bits per heavy atom. The molecule has 0 N–H and O–H groups in total. The lowest BCUT2D eigenvalue weighted by molar-refractivity contribution is -0.140. The zero-order chi connectivity index (χ0) is 25.2. The molecule has 1 amide bonds. The van der Waals surface area contributed by atoms with Gasteiger partial charge in [0.15, 0.2) is 0 Å². The van der Waals surface area contributed by atoms with Gasteiger partial charge in [-0.05, 0) is 48.2 Å².